The third-order valence-electron chi connectivity index (χ3n) is 3.70. The first-order valence-electron chi connectivity index (χ1n) is 8.05. The molecular weight excluding hydrogens is 408 g/mol. The maximum atomic E-state index is 11.5. The van der Waals surface area contributed by atoms with E-state index in [9.17, 15) is 18.5 Å². The van der Waals surface area contributed by atoms with Gasteiger partial charge in [0.25, 0.3) is 5.69 Å². The van der Waals surface area contributed by atoms with Crippen molar-refractivity contribution in [1.29, 1.82) is 0 Å². The maximum Gasteiger partial charge on any atom is 0.293 e. The van der Waals surface area contributed by atoms with Crippen LogP contribution >= 0.6 is 23.1 Å². The summed E-state index contributed by atoms with van der Waals surface area (Å²) in [6.07, 6.45) is 0.777. The summed E-state index contributed by atoms with van der Waals surface area (Å²) in [5.74, 6) is 0.725. The Balaban J connectivity index is 2.22. The fourth-order valence-electron chi connectivity index (χ4n) is 2.32. The number of anilines is 1. The number of sulfonamides is 1. The third kappa shape index (κ3) is 6.78. The molecule has 27 heavy (non-hydrogen) atoms. The van der Waals surface area contributed by atoms with Gasteiger partial charge < -0.3 is 10.2 Å². The van der Waals surface area contributed by atoms with E-state index in [0.29, 0.717) is 0 Å². The number of rotatable bonds is 10. The van der Waals surface area contributed by atoms with Gasteiger partial charge >= 0.3 is 0 Å². The Morgan fingerprint density at radius 2 is 2.11 bits per heavy atom. The lowest BCUT2D eigenvalue weighted by molar-refractivity contribution is -0.384. The summed E-state index contributed by atoms with van der Waals surface area (Å²) in [6, 6.07) is 7.65. The van der Waals surface area contributed by atoms with E-state index in [1.54, 1.807) is 23.1 Å². The standard InChI is InChI=1S/C16H22N4O4S3/c1-19(2)8-7-12(11-26-16-4-3-9-25-16)18-14-6-5-13(27(17,23)24)10-15(14)20(21)22/h3-6,9-10,12,18H,7-8,11H2,1-2H3,(H2,17,23,24)/t12-/m1/s1. The van der Waals surface area contributed by atoms with E-state index in [1.807, 2.05) is 36.5 Å². The van der Waals surface area contributed by atoms with Crippen molar-refractivity contribution in [2.24, 2.45) is 5.14 Å². The van der Waals surface area contributed by atoms with Crippen LogP contribution in [-0.4, -0.2) is 50.7 Å². The second-order valence-electron chi connectivity index (χ2n) is 6.16. The molecule has 1 atom stereocenters. The molecule has 2 rings (SSSR count). The number of nitrogens with two attached hydrogens (primary N) is 1. The first-order valence-corrected chi connectivity index (χ1v) is 11.5. The molecule has 3 N–H and O–H groups in total. The fourth-order valence-corrected chi connectivity index (χ4v) is 4.74. The van der Waals surface area contributed by atoms with Crippen molar-refractivity contribution in [2.75, 3.05) is 31.7 Å². The van der Waals surface area contributed by atoms with Gasteiger partial charge in [-0.1, -0.05) is 6.07 Å². The molecule has 8 nitrogen and oxygen atoms in total. The quantitative estimate of drug-likeness (QED) is 0.338. The highest BCUT2D eigenvalue weighted by Gasteiger charge is 2.21. The number of benzene rings is 1. The predicted octanol–water partition coefficient (Wildman–Crippen LogP) is 2.83. The van der Waals surface area contributed by atoms with E-state index in [4.69, 9.17) is 5.14 Å². The summed E-state index contributed by atoms with van der Waals surface area (Å²) in [4.78, 5) is 12.6. The number of primary sulfonamides is 1. The molecule has 0 amide bonds. The van der Waals surface area contributed by atoms with Crippen LogP contribution < -0.4 is 10.5 Å². The lowest BCUT2D eigenvalue weighted by Gasteiger charge is -2.21. The Morgan fingerprint density at radius 3 is 2.67 bits per heavy atom. The first-order chi connectivity index (χ1) is 12.7. The van der Waals surface area contributed by atoms with Crippen LogP contribution in [-0.2, 0) is 10.0 Å². The van der Waals surface area contributed by atoms with Gasteiger partial charge in [0.15, 0.2) is 0 Å². The minimum atomic E-state index is -4.01. The topological polar surface area (TPSA) is 119 Å². The number of thiophene rings is 1. The van der Waals surface area contributed by atoms with E-state index >= 15 is 0 Å². The summed E-state index contributed by atoms with van der Waals surface area (Å²) < 4.78 is 24.1. The molecule has 1 aromatic heterocycles. The SMILES string of the molecule is CN(C)CC[C@H](CSc1cccs1)Nc1ccc(S(N)(=O)=O)cc1[N+](=O)[O-]. The third-order valence-corrected chi connectivity index (χ3v) is 6.91. The zero-order valence-electron chi connectivity index (χ0n) is 15.0. The van der Waals surface area contributed by atoms with Gasteiger partial charge in [-0.15, -0.1) is 23.1 Å². The number of thioether (sulfide) groups is 1. The predicted molar refractivity (Wildman–Crippen MR) is 110 cm³/mol. The highest BCUT2D eigenvalue weighted by atomic mass is 32.2. The van der Waals surface area contributed by atoms with E-state index in [2.05, 4.69) is 5.32 Å². The smallest absolute Gasteiger partial charge is 0.293 e. The van der Waals surface area contributed by atoms with E-state index in [1.165, 1.54) is 16.3 Å². The second-order valence-corrected chi connectivity index (χ2v) is 9.99. The summed E-state index contributed by atoms with van der Waals surface area (Å²) in [5, 5.41) is 21.7. The molecule has 0 fully saturated rings. The van der Waals surface area contributed by atoms with Crippen LogP contribution in [0.25, 0.3) is 0 Å². The highest BCUT2D eigenvalue weighted by Crippen LogP contribution is 2.30. The zero-order chi connectivity index (χ0) is 20.0. The molecule has 0 saturated carbocycles. The minimum Gasteiger partial charge on any atom is -0.376 e. The van der Waals surface area contributed by atoms with Crippen LogP contribution in [0, 0.1) is 10.1 Å². The van der Waals surface area contributed by atoms with Gasteiger partial charge in [-0.2, -0.15) is 0 Å². The number of nitrogens with one attached hydrogen (secondary N) is 1. The van der Waals surface area contributed by atoms with Gasteiger partial charge in [-0.25, -0.2) is 13.6 Å². The van der Waals surface area contributed by atoms with Crippen molar-refractivity contribution in [3.63, 3.8) is 0 Å². The molecule has 11 heteroatoms. The van der Waals surface area contributed by atoms with E-state index in [0.717, 1.165) is 24.8 Å². The highest BCUT2D eigenvalue weighted by molar-refractivity contribution is 8.01. The second kappa shape index (κ2) is 9.51. The Morgan fingerprint density at radius 1 is 1.37 bits per heavy atom. The Bertz CT molecular complexity index is 870. The summed E-state index contributed by atoms with van der Waals surface area (Å²) in [7, 11) is -0.0768. The largest absolute Gasteiger partial charge is 0.376 e. The van der Waals surface area contributed by atoms with Gasteiger partial charge in [0.2, 0.25) is 10.0 Å². The Hall–Kier alpha value is -1.66. The molecule has 0 bridgehead atoms. The molecule has 0 unspecified atom stereocenters. The van der Waals surface area contributed by atoms with Crippen LogP contribution in [0.5, 0.6) is 0 Å². The number of nitro benzene ring substituents is 1. The number of nitrogens with zero attached hydrogens (tertiary/aromatic N) is 2. The van der Waals surface area contributed by atoms with Gasteiger partial charge in [0.05, 0.1) is 14.0 Å². The molecular formula is C16H22N4O4S3. The van der Waals surface area contributed by atoms with Crippen molar-refractivity contribution < 1.29 is 13.3 Å². The van der Waals surface area contributed by atoms with Crippen LogP contribution in [0.1, 0.15) is 6.42 Å². The summed E-state index contributed by atoms with van der Waals surface area (Å²) in [6.45, 7) is 0.811. The van der Waals surface area contributed by atoms with Crippen LogP contribution in [0.3, 0.4) is 0 Å². The summed E-state index contributed by atoms with van der Waals surface area (Å²) in [5.41, 5.74) is -0.0274. The zero-order valence-corrected chi connectivity index (χ0v) is 17.4. The molecule has 0 aliphatic heterocycles. The molecule has 1 heterocycles. The van der Waals surface area contributed by atoms with Gasteiger partial charge in [-0.05, 0) is 50.6 Å². The normalized spacial score (nSPS) is 12.9. The first kappa shape index (κ1) is 21.6. The van der Waals surface area contributed by atoms with E-state index < -0.39 is 14.9 Å². The van der Waals surface area contributed by atoms with Crippen molar-refractivity contribution in [3.8, 4) is 0 Å². The fraction of sp³-hybridized carbons (Fsp3) is 0.375. The average molecular weight is 431 g/mol. The van der Waals surface area contributed by atoms with Crippen molar-refractivity contribution in [3.05, 3.63) is 45.8 Å². The molecule has 1 aromatic carbocycles. The molecule has 2 aromatic rings. The Kier molecular flexibility index (Phi) is 7.62. The van der Waals surface area contributed by atoms with Crippen LogP contribution in [0.4, 0.5) is 11.4 Å². The van der Waals surface area contributed by atoms with Gasteiger partial charge in [0.1, 0.15) is 5.69 Å². The van der Waals surface area contributed by atoms with Crippen molar-refractivity contribution >= 4 is 44.5 Å². The lowest BCUT2D eigenvalue weighted by Crippen LogP contribution is -2.28. The Labute approximate surface area is 167 Å². The molecule has 0 spiro atoms. The average Bonchev–Trinajstić information content (AvgIpc) is 3.09. The molecule has 148 valence electrons. The number of hydrogen-bond donors (Lipinski definition) is 2. The molecule has 0 saturated heterocycles. The molecule has 0 radical (unpaired) electrons. The van der Waals surface area contributed by atoms with Crippen molar-refractivity contribution in [1.82, 2.24) is 4.90 Å². The lowest BCUT2D eigenvalue weighted by atomic mass is 10.2. The molecule has 0 aliphatic carbocycles. The van der Waals surface area contributed by atoms with Crippen molar-refractivity contribution in [2.45, 2.75) is 21.6 Å². The molecule has 0 aliphatic rings. The van der Waals surface area contributed by atoms with Gasteiger partial charge in [-0.3, -0.25) is 10.1 Å². The number of hydrogen-bond acceptors (Lipinski definition) is 8. The monoisotopic (exact) mass is 430 g/mol. The van der Waals surface area contributed by atoms with Crippen LogP contribution in [0.2, 0.25) is 0 Å². The minimum absolute atomic E-state index is 0.0291. The summed E-state index contributed by atoms with van der Waals surface area (Å²) >= 11 is 3.32. The van der Waals surface area contributed by atoms with Gasteiger partial charge in [0, 0.05) is 17.9 Å². The van der Waals surface area contributed by atoms with E-state index in [-0.39, 0.29) is 22.3 Å². The number of nitro groups is 1. The maximum absolute atomic E-state index is 11.5. The van der Waals surface area contributed by atoms with Crippen LogP contribution in [0.15, 0.2) is 44.8 Å².